The quantitative estimate of drug-likeness (QED) is 0.660. The van der Waals surface area contributed by atoms with E-state index in [1.54, 1.807) is 24.3 Å². The normalized spacial score (nSPS) is 15.1. The average Bonchev–Trinajstić information content (AvgIpc) is 2.76. The summed E-state index contributed by atoms with van der Waals surface area (Å²) in [4.78, 5) is 25.8. The van der Waals surface area contributed by atoms with Gasteiger partial charge < -0.3 is 5.32 Å². The topological polar surface area (TPSA) is 85.2 Å². The molecule has 162 valence electrons. The van der Waals surface area contributed by atoms with E-state index in [0.717, 1.165) is 31.2 Å². The van der Waals surface area contributed by atoms with Gasteiger partial charge in [-0.2, -0.15) is 0 Å². The highest BCUT2D eigenvalue weighted by atomic mass is 32.2. The second kappa shape index (κ2) is 8.67. The van der Waals surface area contributed by atoms with Crippen molar-refractivity contribution in [3.8, 4) is 0 Å². The maximum absolute atomic E-state index is 13.3. The molecule has 7 heteroatoms. The van der Waals surface area contributed by atoms with E-state index >= 15 is 0 Å². The molecule has 1 aliphatic carbocycles. The van der Waals surface area contributed by atoms with Crippen molar-refractivity contribution in [2.24, 2.45) is 0 Å². The van der Waals surface area contributed by atoms with Crippen molar-refractivity contribution >= 4 is 26.6 Å². The molecular formula is C24H26N2O4S. The lowest BCUT2D eigenvalue weighted by molar-refractivity contribution is -0.122. The Morgan fingerprint density at radius 1 is 1.03 bits per heavy atom. The van der Waals surface area contributed by atoms with Crippen LogP contribution in [0.1, 0.15) is 37.7 Å². The molecule has 0 spiro atoms. The maximum Gasteiger partial charge on any atom is 0.270 e. The third-order valence-electron chi connectivity index (χ3n) is 5.83. The van der Waals surface area contributed by atoms with Crippen LogP contribution in [-0.2, 0) is 21.2 Å². The summed E-state index contributed by atoms with van der Waals surface area (Å²) in [5, 5.41) is 3.62. The number of carbonyl (C=O) groups is 1. The summed E-state index contributed by atoms with van der Waals surface area (Å²) in [6, 6.07) is 14.9. The van der Waals surface area contributed by atoms with Gasteiger partial charge in [0.05, 0.1) is 10.4 Å². The highest BCUT2D eigenvalue weighted by molar-refractivity contribution is 7.91. The van der Waals surface area contributed by atoms with E-state index in [0.29, 0.717) is 10.9 Å². The second-order valence-corrected chi connectivity index (χ2v) is 10.1. The molecule has 0 bridgehead atoms. The molecule has 1 amide bonds. The second-order valence-electron chi connectivity index (χ2n) is 8.18. The van der Waals surface area contributed by atoms with Crippen molar-refractivity contribution in [2.75, 3.05) is 0 Å². The van der Waals surface area contributed by atoms with Crippen LogP contribution in [0.2, 0.25) is 0 Å². The standard InChI is InChI=1S/C24H26N2O4S/c1-17-12-13-21-18(14-17)15-22(31(29,30)20-10-6-3-7-11-20)24(28)26(21)16-23(27)25-19-8-4-2-5-9-19/h3,6-7,10-15,19H,2,4-5,8-9,16H2,1H3,(H,25,27). The van der Waals surface area contributed by atoms with Gasteiger partial charge in [0.25, 0.3) is 5.56 Å². The predicted octanol–water partition coefficient (Wildman–Crippen LogP) is 3.59. The van der Waals surface area contributed by atoms with Crippen LogP contribution >= 0.6 is 0 Å². The van der Waals surface area contributed by atoms with Gasteiger partial charge in [0, 0.05) is 11.4 Å². The van der Waals surface area contributed by atoms with Gasteiger partial charge in [-0.05, 0) is 50.1 Å². The number of pyridine rings is 1. The molecule has 1 aromatic heterocycles. The largest absolute Gasteiger partial charge is 0.352 e. The Hall–Kier alpha value is -2.93. The van der Waals surface area contributed by atoms with E-state index in [2.05, 4.69) is 5.32 Å². The Morgan fingerprint density at radius 2 is 1.74 bits per heavy atom. The van der Waals surface area contributed by atoms with Crippen LogP contribution in [0.3, 0.4) is 0 Å². The Labute approximate surface area is 181 Å². The van der Waals surface area contributed by atoms with Crippen molar-refractivity contribution in [3.05, 3.63) is 70.5 Å². The van der Waals surface area contributed by atoms with Gasteiger partial charge in [0.2, 0.25) is 15.7 Å². The number of aromatic nitrogens is 1. The fourth-order valence-corrected chi connectivity index (χ4v) is 5.61. The number of nitrogens with one attached hydrogen (secondary N) is 1. The number of nitrogens with zero attached hydrogens (tertiary/aromatic N) is 1. The molecular weight excluding hydrogens is 412 g/mol. The molecule has 4 rings (SSSR count). The first-order valence-corrected chi connectivity index (χ1v) is 12.1. The molecule has 0 unspecified atom stereocenters. The average molecular weight is 439 g/mol. The maximum atomic E-state index is 13.3. The zero-order valence-electron chi connectivity index (χ0n) is 17.5. The van der Waals surface area contributed by atoms with Gasteiger partial charge in [-0.1, -0.05) is 49.1 Å². The summed E-state index contributed by atoms with van der Waals surface area (Å²) >= 11 is 0. The number of rotatable bonds is 5. The minimum Gasteiger partial charge on any atom is -0.352 e. The lowest BCUT2D eigenvalue weighted by atomic mass is 9.95. The molecule has 0 radical (unpaired) electrons. The van der Waals surface area contributed by atoms with E-state index in [4.69, 9.17) is 0 Å². The lowest BCUT2D eigenvalue weighted by Gasteiger charge is -2.23. The number of carbonyl (C=O) groups excluding carboxylic acids is 1. The fourth-order valence-electron chi connectivity index (χ4n) is 4.22. The van der Waals surface area contributed by atoms with Crippen molar-refractivity contribution in [1.82, 2.24) is 9.88 Å². The number of sulfone groups is 1. The molecule has 1 aliphatic rings. The third-order valence-corrected chi connectivity index (χ3v) is 7.60. The Balaban J connectivity index is 1.79. The SMILES string of the molecule is Cc1ccc2c(c1)cc(S(=O)(=O)c1ccccc1)c(=O)n2CC(=O)NC1CCCCC1. The number of benzene rings is 2. The highest BCUT2D eigenvalue weighted by Gasteiger charge is 2.25. The fraction of sp³-hybridized carbons (Fsp3) is 0.333. The van der Waals surface area contributed by atoms with E-state index in [1.165, 1.54) is 29.2 Å². The summed E-state index contributed by atoms with van der Waals surface area (Å²) in [7, 11) is -4.02. The van der Waals surface area contributed by atoms with E-state index < -0.39 is 15.4 Å². The predicted molar refractivity (Wildman–Crippen MR) is 120 cm³/mol. The third kappa shape index (κ3) is 4.42. The first-order valence-electron chi connectivity index (χ1n) is 10.6. The summed E-state index contributed by atoms with van der Waals surface area (Å²) in [5.41, 5.74) is 0.799. The number of amides is 1. The van der Waals surface area contributed by atoms with Crippen molar-refractivity contribution in [1.29, 1.82) is 0 Å². The minimum atomic E-state index is -4.02. The monoisotopic (exact) mass is 438 g/mol. The van der Waals surface area contributed by atoms with E-state index in [1.807, 2.05) is 19.1 Å². The first kappa shape index (κ1) is 21.3. The zero-order chi connectivity index (χ0) is 22.0. The van der Waals surface area contributed by atoms with Crippen molar-refractivity contribution in [3.63, 3.8) is 0 Å². The highest BCUT2D eigenvalue weighted by Crippen LogP contribution is 2.23. The Bertz CT molecular complexity index is 1270. The van der Waals surface area contributed by atoms with Gasteiger partial charge in [-0.15, -0.1) is 0 Å². The smallest absolute Gasteiger partial charge is 0.270 e. The molecule has 1 N–H and O–H groups in total. The molecule has 2 aromatic carbocycles. The van der Waals surface area contributed by atoms with Crippen LogP contribution in [-0.4, -0.2) is 24.9 Å². The molecule has 3 aromatic rings. The van der Waals surface area contributed by atoms with Crippen molar-refractivity contribution in [2.45, 2.75) is 61.4 Å². The Morgan fingerprint density at radius 3 is 2.45 bits per heavy atom. The molecule has 0 atom stereocenters. The minimum absolute atomic E-state index is 0.0531. The van der Waals surface area contributed by atoms with Gasteiger partial charge in [-0.3, -0.25) is 14.2 Å². The summed E-state index contributed by atoms with van der Waals surface area (Å²) < 4.78 is 27.7. The summed E-state index contributed by atoms with van der Waals surface area (Å²) in [6.07, 6.45) is 5.21. The molecule has 31 heavy (non-hydrogen) atoms. The van der Waals surface area contributed by atoms with E-state index in [9.17, 15) is 18.0 Å². The molecule has 1 heterocycles. The molecule has 0 aliphatic heterocycles. The van der Waals surface area contributed by atoms with Gasteiger partial charge >= 0.3 is 0 Å². The number of aryl methyl sites for hydroxylation is 1. The zero-order valence-corrected chi connectivity index (χ0v) is 18.3. The number of hydrogen-bond donors (Lipinski definition) is 1. The summed E-state index contributed by atoms with van der Waals surface area (Å²) in [5.74, 6) is -0.273. The Kier molecular flexibility index (Phi) is 5.96. The van der Waals surface area contributed by atoms with Gasteiger partial charge in [-0.25, -0.2) is 8.42 Å². The van der Waals surface area contributed by atoms with Crippen molar-refractivity contribution < 1.29 is 13.2 Å². The summed E-state index contributed by atoms with van der Waals surface area (Å²) in [6.45, 7) is 1.68. The van der Waals surface area contributed by atoms with Crippen LogP contribution in [0.5, 0.6) is 0 Å². The van der Waals surface area contributed by atoms with Crippen LogP contribution < -0.4 is 10.9 Å². The van der Waals surface area contributed by atoms with Crippen LogP contribution in [0.15, 0.2) is 69.2 Å². The van der Waals surface area contributed by atoms with Gasteiger partial charge in [0.15, 0.2) is 0 Å². The molecule has 0 saturated heterocycles. The number of hydrogen-bond acceptors (Lipinski definition) is 4. The van der Waals surface area contributed by atoms with Crippen LogP contribution in [0.4, 0.5) is 0 Å². The lowest BCUT2D eigenvalue weighted by Crippen LogP contribution is -2.40. The van der Waals surface area contributed by atoms with Crippen LogP contribution in [0, 0.1) is 6.92 Å². The number of fused-ring (bicyclic) bond motifs is 1. The molecule has 6 nitrogen and oxygen atoms in total. The first-order chi connectivity index (χ1) is 14.9. The molecule has 1 saturated carbocycles. The molecule has 1 fully saturated rings. The van der Waals surface area contributed by atoms with E-state index in [-0.39, 0.29) is 28.3 Å². The van der Waals surface area contributed by atoms with Crippen LogP contribution in [0.25, 0.3) is 10.9 Å². The van der Waals surface area contributed by atoms with Gasteiger partial charge in [0.1, 0.15) is 11.4 Å².